The Balaban J connectivity index is 1.75. The molecule has 3 rings (SSSR count). The second kappa shape index (κ2) is 6.92. The fraction of sp³-hybridized carbons (Fsp3) is 0.316. The first-order valence-electron chi connectivity index (χ1n) is 8.15. The van der Waals surface area contributed by atoms with Crippen molar-refractivity contribution < 1.29 is 13.2 Å². The minimum atomic E-state index is -3.33. The third-order valence-electron chi connectivity index (χ3n) is 4.86. The van der Waals surface area contributed by atoms with Crippen molar-refractivity contribution in [2.45, 2.75) is 29.6 Å². The van der Waals surface area contributed by atoms with Gasteiger partial charge in [0.15, 0.2) is 9.84 Å². The Hall–Kier alpha value is -1.66. The lowest BCUT2D eigenvalue weighted by molar-refractivity contribution is 0.0927. The summed E-state index contributed by atoms with van der Waals surface area (Å²) in [4.78, 5) is 12.7. The van der Waals surface area contributed by atoms with Crippen molar-refractivity contribution >= 4 is 31.7 Å². The summed E-state index contributed by atoms with van der Waals surface area (Å²) in [7, 11) is -3.33. The second-order valence-electron chi connectivity index (χ2n) is 6.63. The lowest BCUT2D eigenvalue weighted by atomic mass is 9.64. The van der Waals surface area contributed by atoms with E-state index in [-0.39, 0.29) is 16.2 Å². The molecule has 0 spiro atoms. The van der Waals surface area contributed by atoms with E-state index >= 15 is 0 Å². The van der Waals surface area contributed by atoms with Crippen molar-refractivity contribution in [3.63, 3.8) is 0 Å². The lowest BCUT2D eigenvalue weighted by Crippen LogP contribution is -2.45. The molecule has 0 saturated heterocycles. The van der Waals surface area contributed by atoms with Gasteiger partial charge in [-0.1, -0.05) is 40.5 Å². The fourth-order valence-corrected chi connectivity index (χ4v) is 4.27. The molecule has 0 radical (unpaired) electrons. The SMILES string of the molecule is CS(=O)(=O)c1cccc(C(=O)NCC2(c3cccc(Br)c3)CCC2)c1. The molecule has 4 nitrogen and oxygen atoms in total. The molecule has 0 unspecified atom stereocenters. The van der Waals surface area contributed by atoms with Crippen molar-refractivity contribution in [3.05, 3.63) is 64.1 Å². The third-order valence-corrected chi connectivity index (χ3v) is 6.46. The molecule has 0 atom stereocenters. The highest BCUT2D eigenvalue weighted by Gasteiger charge is 2.39. The molecule has 1 amide bonds. The minimum Gasteiger partial charge on any atom is -0.351 e. The van der Waals surface area contributed by atoms with Crippen LogP contribution >= 0.6 is 15.9 Å². The molecule has 0 aromatic heterocycles. The van der Waals surface area contributed by atoms with E-state index in [1.54, 1.807) is 12.1 Å². The number of carbonyl (C=O) groups is 1. The summed E-state index contributed by atoms with van der Waals surface area (Å²) in [5.74, 6) is -0.244. The maximum atomic E-state index is 12.5. The van der Waals surface area contributed by atoms with Crippen LogP contribution in [0.25, 0.3) is 0 Å². The van der Waals surface area contributed by atoms with E-state index in [2.05, 4.69) is 33.4 Å². The maximum absolute atomic E-state index is 12.5. The van der Waals surface area contributed by atoms with Gasteiger partial charge in [-0.05, 0) is 48.7 Å². The number of amides is 1. The zero-order chi connectivity index (χ0) is 18.1. The molecule has 2 aromatic carbocycles. The Bertz CT molecular complexity index is 904. The average molecular weight is 422 g/mol. The first kappa shape index (κ1) is 18.1. The monoisotopic (exact) mass is 421 g/mol. The van der Waals surface area contributed by atoms with Crippen LogP contribution in [0.1, 0.15) is 35.2 Å². The van der Waals surface area contributed by atoms with Gasteiger partial charge in [-0.2, -0.15) is 0 Å². The van der Waals surface area contributed by atoms with Gasteiger partial charge < -0.3 is 5.32 Å². The van der Waals surface area contributed by atoms with Crippen LogP contribution in [0.3, 0.4) is 0 Å². The Morgan fingerprint density at radius 1 is 1.16 bits per heavy atom. The topological polar surface area (TPSA) is 63.2 Å². The van der Waals surface area contributed by atoms with Gasteiger partial charge in [0, 0.05) is 28.3 Å². The van der Waals surface area contributed by atoms with Crippen LogP contribution in [-0.2, 0) is 15.3 Å². The van der Waals surface area contributed by atoms with Crippen LogP contribution < -0.4 is 5.32 Å². The number of rotatable bonds is 5. The van der Waals surface area contributed by atoms with Gasteiger partial charge in [0.1, 0.15) is 0 Å². The Labute approximate surface area is 156 Å². The van der Waals surface area contributed by atoms with Crippen LogP contribution in [0.5, 0.6) is 0 Å². The van der Waals surface area contributed by atoms with E-state index in [0.717, 1.165) is 30.0 Å². The van der Waals surface area contributed by atoms with Crippen molar-refractivity contribution in [2.24, 2.45) is 0 Å². The van der Waals surface area contributed by atoms with Crippen LogP contribution in [0.2, 0.25) is 0 Å². The fourth-order valence-electron chi connectivity index (χ4n) is 3.21. The van der Waals surface area contributed by atoms with Gasteiger partial charge >= 0.3 is 0 Å². The summed E-state index contributed by atoms with van der Waals surface area (Å²) in [6.45, 7) is 0.547. The largest absolute Gasteiger partial charge is 0.351 e. The third kappa shape index (κ3) is 3.96. The summed E-state index contributed by atoms with van der Waals surface area (Å²) >= 11 is 3.51. The number of sulfone groups is 1. The summed E-state index contributed by atoms with van der Waals surface area (Å²) in [5.41, 5.74) is 1.55. The van der Waals surface area contributed by atoms with Crippen LogP contribution in [0, 0.1) is 0 Å². The van der Waals surface area contributed by atoms with Gasteiger partial charge in [0.2, 0.25) is 0 Å². The maximum Gasteiger partial charge on any atom is 0.251 e. The second-order valence-corrected chi connectivity index (χ2v) is 9.56. The summed E-state index contributed by atoms with van der Waals surface area (Å²) < 4.78 is 24.4. The standard InChI is InChI=1S/C19H20BrNO3S/c1-25(23,24)17-8-2-5-14(11-17)18(22)21-13-19(9-4-10-19)15-6-3-7-16(20)12-15/h2-3,5-8,11-12H,4,9-10,13H2,1H3,(H,21,22). The number of benzene rings is 2. The Kier molecular flexibility index (Phi) is 5.02. The molecule has 1 fully saturated rings. The van der Waals surface area contributed by atoms with E-state index in [0.29, 0.717) is 12.1 Å². The van der Waals surface area contributed by atoms with E-state index < -0.39 is 9.84 Å². The molecule has 2 aromatic rings. The van der Waals surface area contributed by atoms with Gasteiger partial charge in [0.05, 0.1) is 4.90 Å². The first-order valence-corrected chi connectivity index (χ1v) is 10.8. The normalized spacial score (nSPS) is 16.1. The molecule has 0 heterocycles. The molecule has 0 bridgehead atoms. The van der Waals surface area contributed by atoms with Crippen LogP contribution in [-0.4, -0.2) is 27.1 Å². The van der Waals surface area contributed by atoms with Crippen molar-refractivity contribution in [1.82, 2.24) is 5.32 Å². The smallest absolute Gasteiger partial charge is 0.251 e. The van der Waals surface area contributed by atoms with Crippen molar-refractivity contribution in [2.75, 3.05) is 12.8 Å². The van der Waals surface area contributed by atoms with Gasteiger partial charge in [-0.3, -0.25) is 4.79 Å². The molecule has 6 heteroatoms. The van der Waals surface area contributed by atoms with E-state index in [9.17, 15) is 13.2 Å². The molecule has 1 aliphatic rings. The molecule has 1 saturated carbocycles. The van der Waals surface area contributed by atoms with Gasteiger partial charge in [0.25, 0.3) is 5.91 Å². The molecule has 132 valence electrons. The predicted molar refractivity (Wildman–Crippen MR) is 102 cm³/mol. The lowest BCUT2D eigenvalue weighted by Gasteiger charge is -2.42. The van der Waals surface area contributed by atoms with E-state index in [1.165, 1.54) is 17.7 Å². The Morgan fingerprint density at radius 3 is 2.48 bits per heavy atom. The highest BCUT2D eigenvalue weighted by atomic mass is 79.9. The number of halogens is 1. The zero-order valence-corrected chi connectivity index (χ0v) is 16.4. The highest BCUT2D eigenvalue weighted by molar-refractivity contribution is 9.10. The predicted octanol–water partition coefficient (Wildman–Crippen LogP) is 3.70. The number of hydrogen-bond acceptors (Lipinski definition) is 3. The highest BCUT2D eigenvalue weighted by Crippen LogP contribution is 2.43. The molecular formula is C19H20BrNO3S. The Morgan fingerprint density at radius 2 is 1.88 bits per heavy atom. The minimum absolute atomic E-state index is 0.0338. The van der Waals surface area contributed by atoms with Crippen LogP contribution in [0.4, 0.5) is 0 Å². The summed E-state index contributed by atoms with van der Waals surface area (Å²) in [6.07, 6.45) is 4.35. The van der Waals surface area contributed by atoms with Gasteiger partial charge in [-0.25, -0.2) is 8.42 Å². The molecule has 25 heavy (non-hydrogen) atoms. The average Bonchev–Trinajstić information content (AvgIpc) is 2.53. The number of carbonyl (C=O) groups excluding carboxylic acids is 1. The number of hydrogen-bond donors (Lipinski definition) is 1. The summed E-state index contributed by atoms with van der Waals surface area (Å²) in [5, 5.41) is 2.99. The quantitative estimate of drug-likeness (QED) is 0.799. The molecule has 1 N–H and O–H groups in total. The van der Waals surface area contributed by atoms with Crippen molar-refractivity contribution in [1.29, 1.82) is 0 Å². The molecule has 0 aliphatic heterocycles. The van der Waals surface area contributed by atoms with Gasteiger partial charge in [-0.15, -0.1) is 0 Å². The van der Waals surface area contributed by atoms with E-state index in [4.69, 9.17) is 0 Å². The molecule has 1 aliphatic carbocycles. The van der Waals surface area contributed by atoms with Crippen LogP contribution in [0.15, 0.2) is 57.9 Å². The van der Waals surface area contributed by atoms with Crippen molar-refractivity contribution in [3.8, 4) is 0 Å². The summed E-state index contributed by atoms with van der Waals surface area (Å²) in [6, 6.07) is 14.4. The van der Waals surface area contributed by atoms with E-state index in [1.807, 2.05) is 12.1 Å². The number of nitrogens with one attached hydrogen (secondary N) is 1. The zero-order valence-electron chi connectivity index (χ0n) is 14.0. The molecular weight excluding hydrogens is 402 g/mol. The first-order chi connectivity index (χ1) is 11.8.